The summed E-state index contributed by atoms with van der Waals surface area (Å²) < 4.78 is 5.56. The number of rotatable bonds is 5. The minimum absolute atomic E-state index is 0.0851. The number of aliphatic hydroxyl groups is 1. The maximum atomic E-state index is 12.4. The van der Waals surface area contributed by atoms with E-state index in [9.17, 15) is 9.90 Å². The minimum atomic E-state index is -0.437. The normalized spacial score (nSPS) is 29.8. The van der Waals surface area contributed by atoms with Crippen molar-refractivity contribution in [1.82, 2.24) is 10.2 Å². The molecule has 1 aliphatic carbocycles. The van der Waals surface area contributed by atoms with Gasteiger partial charge in [0.15, 0.2) is 0 Å². The van der Waals surface area contributed by atoms with Crippen molar-refractivity contribution >= 4 is 6.09 Å². The van der Waals surface area contributed by atoms with E-state index in [0.29, 0.717) is 12.0 Å². The molecule has 1 amide bonds. The van der Waals surface area contributed by atoms with Gasteiger partial charge in [-0.15, -0.1) is 0 Å². The fourth-order valence-corrected chi connectivity index (χ4v) is 3.53. The lowest BCUT2D eigenvalue weighted by Crippen LogP contribution is -2.49. The van der Waals surface area contributed by atoms with E-state index in [1.807, 2.05) is 25.7 Å². The standard InChI is InChI=1S/C18H34N2O3/c1-13(19-12-14-10-16(21)11-14)9-15-7-5-6-8-20(15)17(22)23-18(2,3)4/h13-16,19,21H,5-12H2,1-4H3. The number of carbonyl (C=O) groups excluding carboxylic acids is 1. The Morgan fingerprint density at radius 3 is 2.65 bits per heavy atom. The van der Waals surface area contributed by atoms with Crippen LogP contribution in [-0.4, -0.2) is 53.0 Å². The molecule has 0 spiro atoms. The Kier molecular flexibility index (Phi) is 6.32. The lowest BCUT2D eigenvalue weighted by atomic mass is 9.82. The fraction of sp³-hybridized carbons (Fsp3) is 0.944. The number of nitrogens with one attached hydrogen (secondary N) is 1. The fourth-order valence-electron chi connectivity index (χ4n) is 3.53. The summed E-state index contributed by atoms with van der Waals surface area (Å²) in [4.78, 5) is 14.3. The first kappa shape index (κ1) is 18.5. The van der Waals surface area contributed by atoms with Gasteiger partial charge in [-0.3, -0.25) is 0 Å². The van der Waals surface area contributed by atoms with E-state index in [1.165, 1.54) is 6.42 Å². The average molecular weight is 326 g/mol. The van der Waals surface area contributed by atoms with E-state index in [0.717, 1.165) is 45.2 Å². The topological polar surface area (TPSA) is 61.8 Å². The Bertz CT molecular complexity index is 388. The molecule has 2 fully saturated rings. The lowest BCUT2D eigenvalue weighted by Gasteiger charge is -2.38. The molecule has 0 bridgehead atoms. The van der Waals surface area contributed by atoms with Crippen LogP contribution in [0.1, 0.15) is 66.2 Å². The third-order valence-corrected chi connectivity index (χ3v) is 4.85. The first-order chi connectivity index (χ1) is 10.7. The predicted octanol–water partition coefficient (Wildman–Crippen LogP) is 2.92. The van der Waals surface area contributed by atoms with E-state index in [1.54, 1.807) is 0 Å². The molecule has 5 nitrogen and oxygen atoms in total. The summed E-state index contributed by atoms with van der Waals surface area (Å²) in [5.74, 6) is 0.612. The average Bonchev–Trinajstić information content (AvgIpc) is 2.41. The van der Waals surface area contributed by atoms with Crippen LogP contribution in [0.2, 0.25) is 0 Å². The van der Waals surface area contributed by atoms with Gasteiger partial charge in [0.2, 0.25) is 0 Å². The minimum Gasteiger partial charge on any atom is -0.444 e. The van der Waals surface area contributed by atoms with Crippen molar-refractivity contribution in [1.29, 1.82) is 0 Å². The van der Waals surface area contributed by atoms with Gasteiger partial charge in [-0.25, -0.2) is 4.79 Å². The molecule has 2 aliphatic rings. The quantitative estimate of drug-likeness (QED) is 0.815. The zero-order valence-electron chi connectivity index (χ0n) is 15.2. The van der Waals surface area contributed by atoms with E-state index < -0.39 is 5.60 Å². The molecule has 23 heavy (non-hydrogen) atoms. The van der Waals surface area contributed by atoms with Gasteiger partial charge in [0.05, 0.1) is 6.10 Å². The second-order valence-electron chi connectivity index (χ2n) is 8.36. The summed E-state index contributed by atoms with van der Waals surface area (Å²) in [5.41, 5.74) is -0.437. The van der Waals surface area contributed by atoms with Crippen LogP contribution < -0.4 is 5.32 Å². The number of hydrogen-bond donors (Lipinski definition) is 2. The molecule has 2 atom stereocenters. The van der Waals surface area contributed by atoms with Crippen molar-refractivity contribution in [3.05, 3.63) is 0 Å². The number of ether oxygens (including phenoxy) is 1. The molecule has 0 aromatic rings. The highest BCUT2D eigenvalue weighted by atomic mass is 16.6. The van der Waals surface area contributed by atoms with Gasteiger partial charge in [-0.05, 0) is 78.7 Å². The third-order valence-electron chi connectivity index (χ3n) is 4.85. The van der Waals surface area contributed by atoms with Gasteiger partial charge in [-0.1, -0.05) is 0 Å². The van der Waals surface area contributed by atoms with Crippen LogP contribution in [0.4, 0.5) is 4.79 Å². The molecule has 1 aliphatic heterocycles. The molecule has 2 unspecified atom stereocenters. The van der Waals surface area contributed by atoms with Crippen LogP contribution in [-0.2, 0) is 4.74 Å². The lowest BCUT2D eigenvalue weighted by molar-refractivity contribution is 0.00731. The Balaban J connectivity index is 1.79. The van der Waals surface area contributed by atoms with E-state index in [4.69, 9.17) is 4.74 Å². The highest BCUT2D eigenvalue weighted by Crippen LogP contribution is 2.27. The Labute approximate surface area is 140 Å². The van der Waals surface area contributed by atoms with Crippen molar-refractivity contribution in [3.63, 3.8) is 0 Å². The van der Waals surface area contributed by atoms with Crippen molar-refractivity contribution < 1.29 is 14.6 Å². The highest BCUT2D eigenvalue weighted by Gasteiger charge is 2.32. The Morgan fingerprint density at radius 2 is 2.04 bits per heavy atom. The molecule has 5 heteroatoms. The van der Waals surface area contributed by atoms with Gasteiger partial charge in [0, 0.05) is 18.6 Å². The summed E-state index contributed by atoms with van der Waals surface area (Å²) in [6.07, 6.45) is 5.88. The summed E-state index contributed by atoms with van der Waals surface area (Å²) in [5, 5.41) is 12.9. The Hall–Kier alpha value is -0.810. The number of piperidine rings is 1. The monoisotopic (exact) mass is 326 g/mol. The van der Waals surface area contributed by atoms with Gasteiger partial charge in [0.25, 0.3) is 0 Å². The van der Waals surface area contributed by atoms with Crippen LogP contribution in [0, 0.1) is 5.92 Å². The third kappa shape index (κ3) is 5.96. The molecule has 1 saturated heterocycles. The zero-order chi connectivity index (χ0) is 17.0. The number of aliphatic hydroxyl groups excluding tert-OH is 1. The summed E-state index contributed by atoms with van der Waals surface area (Å²) >= 11 is 0. The van der Waals surface area contributed by atoms with Crippen LogP contribution in [0.15, 0.2) is 0 Å². The smallest absolute Gasteiger partial charge is 0.410 e. The molecule has 2 N–H and O–H groups in total. The van der Waals surface area contributed by atoms with Crippen LogP contribution in [0.25, 0.3) is 0 Å². The first-order valence-electron chi connectivity index (χ1n) is 9.15. The second-order valence-corrected chi connectivity index (χ2v) is 8.36. The largest absolute Gasteiger partial charge is 0.444 e. The van der Waals surface area contributed by atoms with E-state index in [2.05, 4.69) is 12.2 Å². The van der Waals surface area contributed by atoms with E-state index in [-0.39, 0.29) is 18.2 Å². The maximum Gasteiger partial charge on any atom is 0.410 e. The SMILES string of the molecule is CC(CC1CCCCN1C(=O)OC(C)(C)C)NCC1CC(O)C1. The van der Waals surface area contributed by atoms with Gasteiger partial charge in [-0.2, -0.15) is 0 Å². The van der Waals surface area contributed by atoms with Gasteiger partial charge >= 0.3 is 6.09 Å². The van der Waals surface area contributed by atoms with Crippen molar-refractivity contribution in [3.8, 4) is 0 Å². The van der Waals surface area contributed by atoms with Crippen molar-refractivity contribution in [2.24, 2.45) is 5.92 Å². The van der Waals surface area contributed by atoms with Crippen LogP contribution in [0.3, 0.4) is 0 Å². The van der Waals surface area contributed by atoms with E-state index >= 15 is 0 Å². The van der Waals surface area contributed by atoms with Crippen molar-refractivity contribution in [2.45, 2.75) is 90.0 Å². The second kappa shape index (κ2) is 7.84. The molecular formula is C18H34N2O3. The molecule has 0 aromatic heterocycles. The summed E-state index contributed by atoms with van der Waals surface area (Å²) in [6, 6.07) is 0.647. The molecule has 0 radical (unpaired) electrons. The Morgan fingerprint density at radius 1 is 1.35 bits per heavy atom. The van der Waals surface area contributed by atoms with Gasteiger partial charge < -0.3 is 20.1 Å². The molecule has 0 aromatic carbocycles. The van der Waals surface area contributed by atoms with Crippen LogP contribution >= 0.6 is 0 Å². The highest BCUT2D eigenvalue weighted by molar-refractivity contribution is 5.68. The summed E-state index contributed by atoms with van der Waals surface area (Å²) in [6.45, 7) is 9.72. The zero-order valence-corrected chi connectivity index (χ0v) is 15.2. The van der Waals surface area contributed by atoms with Gasteiger partial charge in [0.1, 0.15) is 5.60 Å². The first-order valence-corrected chi connectivity index (χ1v) is 9.15. The van der Waals surface area contributed by atoms with Crippen LogP contribution in [0.5, 0.6) is 0 Å². The number of nitrogens with zero attached hydrogens (tertiary/aromatic N) is 1. The molecule has 1 heterocycles. The predicted molar refractivity (Wildman–Crippen MR) is 91.4 cm³/mol. The number of carbonyl (C=O) groups is 1. The summed E-state index contributed by atoms with van der Waals surface area (Å²) in [7, 11) is 0. The number of hydrogen-bond acceptors (Lipinski definition) is 4. The molecule has 134 valence electrons. The number of amides is 1. The molecular weight excluding hydrogens is 292 g/mol. The molecule has 2 rings (SSSR count). The molecule has 1 saturated carbocycles. The van der Waals surface area contributed by atoms with Crippen molar-refractivity contribution in [2.75, 3.05) is 13.1 Å². The number of likely N-dealkylation sites (tertiary alicyclic amines) is 1. The maximum absolute atomic E-state index is 12.4.